The first-order valence-corrected chi connectivity index (χ1v) is 21.3. The molecule has 0 saturated carbocycles. The van der Waals surface area contributed by atoms with Crippen LogP contribution in [0.25, 0.3) is 82.4 Å². The largest absolute Gasteiger partial charge is 0.308 e. The highest BCUT2D eigenvalue weighted by Crippen LogP contribution is 2.53. The highest BCUT2D eigenvalue weighted by molar-refractivity contribution is 6.15. The van der Waals surface area contributed by atoms with Gasteiger partial charge in [0.1, 0.15) is 0 Å². The van der Waals surface area contributed by atoms with E-state index >= 15 is 0 Å². The molecule has 0 saturated heterocycles. The minimum absolute atomic E-state index is 0.128. The normalized spacial score (nSPS) is 12.9. The average molecular weight is 779 g/mol. The Labute approximate surface area is 356 Å². The minimum Gasteiger partial charge on any atom is -0.308 e. The van der Waals surface area contributed by atoms with Crippen molar-refractivity contribution in [3.8, 4) is 39.1 Å². The van der Waals surface area contributed by atoms with Crippen LogP contribution in [0.3, 0.4) is 0 Å². The highest BCUT2D eigenvalue weighted by atomic mass is 15.2. The first-order chi connectivity index (χ1) is 30.0. The highest BCUT2D eigenvalue weighted by Gasteiger charge is 2.37. The van der Waals surface area contributed by atoms with E-state index in [0.717, 1.165) is 22.7 Å². The molecule has 0 radical (unpaired) electrons. The van der Waals surface area contributed by atoms with Crippen molar-refractivity contribution in [1.29, 1.82) is 0 Å². The summed E-state index contributed by atoms with van der Waals surface area (Å²) in [5.74, 6) is 0. The van der Waals surface area contributed by atoms with Gasteiger partial charge in [-0.05, 0) is 115 Å². The average Bonchev–Trinajstić information content (AvgIpc) is 3.78. The number of fused-ring (bicyclic) bond motifs is 9. The molecule has 0 aliphatic heterocycles. The molecule has 0 atom stereocenters. The fourth-order valence-electron chi connectivity index (χ4n) is 10.3. The summed E-state index contributed by atoms with van der Waals surface area (Å²) < 4.78 is 2.45. The van der Waals surface area contributed by atoms with Crippen molar-refractivity contribution in [3.05, 3.63) is 230 Å². The number of para-hydroxylation sites is 3. The van der Waals surface area contributed by atoms with E-state index in [2.05, 4.69) is 242 Å². The van der Waals surface area contributed by atoms with E-state index < -0.39 is 0 Å². The van der Waals surface area contributed by atoms with E-state index in [-0.39, 0.29) is 5.41 Å². The van der Waals surface area contributed by atoms with Crippen LogP contribution in [-0.4, -0.2) is 4.57 Å². The number of hydrogen-bond donors (Lipinski definition) is 0. The predicted molar refractivity (Wildman–Crippen MR) is 259 cm³/mol. The molecule has 288 valence electrons. The van der Waals surface area contributed by atoms with Crippen molar-refractivity contribution in [2.24, 2.45) is 0 Å². The molecule has 11 aromatic rings. The number of hydrogen-bond acceptors (Lipinski definition) is 1. The topological polar surface area (TPSA) is 8.17 Å². The van der Waals surface area contributed by atoms with Crippen LogP contribution < -0.4 is 4.90 Å². The lowest BCUT2D eigenvalue weighted by Crippen LogP contribution is -2.15. The van der Waals surface area contributed by atoms with Crippen LogP contribution in [0.1, 0.15) is 25.0 Å². The molecule has 12 rings (SSSR count). The Hall–Kier alpha value is -7.68. The quantitative estimate of drug-likeness (QED) is 0.163. The number of rotatable bonds is 6. The number of benzene rings is 10. The Morgan fingerprint density at radius 3 is 1.77 bits per heavy atom. The Kier molecular flexibility index (Phi) is 7.92. The second kappa shape index (κ2) is 13.7. The molecule has 0 N–H and O–H groups in total. The van der Waals surface area contributed by atoms with Crippen LogP contribution >= 0.6 is 0 Å². The van der Waals surface area contributed by atoms with Gasteiger partial charge in [-0.3, -0.25) is 0 Å². The summed E-state index contributed by atoms with van der Waals surface area (Å²) in [6.07, 6.45) is 0. The van der Waals surface area contributed by atoms with Gasteiger partial charge in [-0.1, -0.05) is 184 Å². The molecule has 10 aromatic carbocycles. The molecule has 1 heterocycles. The molecule has 1 aromatic heterocycles. The first kappa shape index (κ1) is 35.3. The Morgan fingerprint density at radius 2 is 1.00 bits per heavy atom. The molecule has 1 aliphatic rings. The molecule has 61 heavy (non-hydrogen) atoms. The predicted octanol–water partition coefficient (Wildman–Crippen LogP) is 16.2. The Bertz CT molecular complexity index is 3480. The summed E-state index contributed by atoms with van der Waals surface area (Å²) in [6, 6.07) is 80.4. The number of nitrogens with zero attached hydrogens (tertiary/aromatic N) is 2. The second-order valence-corrected chi connectivity index (χ2v) is 16.9. The zero-order valence-electron chi connectivity index (χ0n) is 34.2. The molecular weight excluding hydrogens is 737 g/mol. The standard InChI is InChI=1S/C59H42N2/c1-59(2)52-37-35-45(38-51(52)57-48-23-10-9-18-40(48)32-36-53(57)59)60(55-29-15-27-50-49-24-11-12-28-54(49)61(58(50)55)43-21-7-4-8-22-43)44-33-30-41(31-34-44)47-26-14-20-42-19-13-25-46(56(42)47)39-16-5-3-6-17-39/h3-38H,1-2H3. The van der Waals surface area contributed by atoms with Crippen molar-refractivity contribution in [1.82, 2.24) is 4.57 Å². The van der Waals surface area contributed by atoms with Crippen LogP contribution in [-0.2, 0) is 5.41 Å². The third-order valence-corrected chi connectivity index (χ3v) is 13.2. The van der Waals surface area contributed by atoms with E-state index in [1.54, 1.807) is 0 Å². The van der Waals surface area contributed by atoms with Gasteiger partial charge in [0.15, 0.2) is 0 Å². The van der Waals surface area contributed by atoms with Crippen LogP contribution in [0.4, 0.5) is 17.1 Å². The van der Waals surface area contributed by atoms with Gasteiger partial charge < -0.3 is 9.47 Å². The maximum Gasteiger partial charge on any atom is 0.0782 e. The van der Waals surface area contributed by atoms with Gasteiger partial charge in [-0.25, -0.2) is 0 Å². The van der Waals surface area contributed by atoms with Gasteiger partial charge >= 0.3 is 0 Å². The fourth-order valence-corrected chi connectivity index (χ4v) is 10.3. The van der Waals surface area contributed by atoms with E-state index in [1.807, 2.05) is 0 Å². The fraction of sp³-hybridized carbons (Fsp3) is 0.0508. The minimum atomic E-state index is -0.128. The van der Waals surface area contributed by atoms with Gasteiger partial charge in [-0.15, -0.1) is 0 Å². The lowest BCUT2D eigenvalue weighted by molar-refractivity contribution is 0.661. The lowest BCUT2D eigenvalue weighted by atomic mass is 9.82. The maximum atomic E-state index is 2.49. The van der Waals surface area contributed by atoms with E-state index in [9.17, 15) is 0 Å². The molecular formula is C59H42N2. The molecule has 1 aliphatic carbocycles. The monoisotopic (exact) mass is 778 g/mol. The molecule has 2 nitrogen and oxygen atoms in total. The van der Waals surface area contributed by atoms with E-state index in [0.29, 0.717) is 0 Å². The van der Waals surface area contributed by atoms with Gasteiger partial charge in [-0.2, -0.15) is 0 Å². The number of aromatic nitrogens is 1. The summed E-state index contributed by atoms with van der Waals surface area (Å²) in [5.41, 5.74) is 17.0. The van der Waals surface area contributed by atoms with Crippen molar-refractivity contribution in [2.75, 3.05) is 4.90 Å². The summed E-state index contributed by atoms with van der Waals surface area (Å²) in [4.78, 5) is 2.49. The summed E-state index contributed by atoms with van der Waals surface area (Å²) in [7, 11) is 0. The van der Waals surface area contributed by atoms with Crippen LogP contribution in [0.2, 0.25) is 0 Å². The SMILES string of the molecule is CC1(C)c2ccc(N(c3ccc(-c4cccc5cccc(-c6ccccc6)c45)cc3)c3cccc4c5ccccc5n(-c5ccccc5)c34)cc2-c2c1ccc1ccccc21. The zero-order valence-corrected chi connectivity index (χ0v) is 34.2. The Morgan fingerprint density at radius 1 is 0.410 bits per heavy atom. The Balaban J connectivity index is 1.11. The third kappa shape index (κ3) is 5.42. The van der Waals surface area contributed by atoms with E-state index in [1.165, 1.54) is 87.9 Å². The summed E-state index contributed by atoms with van der Waals surface area (Å²) >= 11 is 0. The summed E-state index contributed by atoms with van der Waals surface area (Å²) in [5, 5.41) is 7.53. The molecule has 0 amide bonds. The van der Waals surface area contributed by atoms with Crippen molar-refractivity contribution in [2.45, 2.75) is 19.3 Å². The lowest BCUT2D eigenvalue weighted by Gasteiger charge is -2.28. The van der Waals surface area contributed by atoms with Crippen molar-refractivity contribution in [3.63, 3.8) is 0 Å². The third-order valence-electron chi connectivity index (χ3n) is 13.2. The molecule has 0 bridgehead atoms. The van der Waals surface area contributed by atoms with Gasteiger partial charge in [0.25, 0.3) is 0 Å². The number of anilines is 3. The molecule has 0 spiro atoms. The molecule has 0 unspecified atom stereocenters. The second-order valence-electron chi connectivity index (χ2n) is 16.9. The maximum absolute atomic E-state index is 2.49. The van der Waals surface area contributed by atoms with E-state index in [4.69, 9.17) is 0 Å². The zero-order chi connectivity index (χ0) is 40.7. The van der Waals surface area contributed by atoms with Gasteiger partial charge in [0.05, 0.1) is 16.7 Å². The first-order valence-electron chi connectivity index (χ1n) is 21.3. The van der Waals surface area contributed by atoms with Crippen LogP contribution in [0.15, 0.2) is 218 Å². The molecule has 0 fully saturated rings. The van der Waals surface area contributed by atoms with Crippen LogP contribution in [0, 0.1) is 0 Å². The smallest absolute Gasteiger partial charge is 0.0782 e. The molecule has 2 heteroatoms. The van der Waals surface area contributed by atoms with Crippen molar-refractivity contribution >= 4 is 60.4 Å². The van der Waals surface area contributed by atoms with Crippen LogP contribution in [0.5, 0.6) is 0 Å². The van der Waals surface area contributed by atoms with Gasteiger partial charge in [0, 0.05) is 33.2 Å². The van der Waals surface area contributed by atoms with Gasteiger partial charge in [0.2, 0.25) is 0 Å². The summed E-state index contributed by atoms with van der Waals surface area (Å²) in [6.45, 7) is 4.75. The van der Waals surface area contributed by atoms with Crippen molar-refractivity contribution < 1.29 is 0 Å².